The summed E-state index contributed by atoms with van der Waals surface area (Å²) in [6.45, 7) is 0. The summed E-state index contributed by atoms with van der Waals surface area (Å²) in [6.07, 6.45) is -5.18. The van der Waals surface area contributed by atoms with Gasteiger partial charge in [0.05, 0.1) is 7.11 Å². The van der Waals surface area contributed by atoms with Gasteiger partial charge in [0.1, 0.15) is 0 Å². The minimum atomic E-state index is -5.18. The van der Waals surface area contributed by atoms with Crippen LogP contribution in [0.2, 0.25) is 0 Å². The van der Waals surface area contributed by atoms with E-state index in [1.807, 2.05) is 0 Å². The highest BCUT2D eigenvalue weighted by molar-refractivity contribution is 8.13. The number of halogens is 4. The van der Waals surface area contributed by atoms with Gasteiger partial charge in [0, 0.05) is 16.7 Å². The Bertz CT molecular complexity index is 608. The Balaban J connectivity index is 3.59. The maximum Gasteiger partial charge on any atom is 0.573 e. The Kier molecular flexibility index (Phi) is 3.81. The van der Waals surface area contributed by atoms with Gasteiger partial charge in [-0.05, 0) is 0 Å². The number of nitrogens with one attached hydrogen (secondary N) is 1. The highest BCUT2D eigenvalue weighted by Gasteiger charge is 2.36. The minimum absolute atomic E-state index is 0.590. The normalized spacial score (nSPS) is 12.3. The van der Waals surface area contributed by atoms with Crippen molar-refractivity contribution in [1.29, 1.82) is 0 Å². The van der Waals surface area contributed by atoms with Crippen molar-refractivity contribution in [1.82, 2.24) is 4.98 Å². The number of aromatic amines is 1. The number of aromatic nitrogens is 1. The molecule has 0 saturated carbocycles. The molecule has 11 heteroatoms. The van der Waals surface area contributed by atoms with Crippen molar-refractivity contribution in [2.75, 3.05) is 7.11 Å². The summed E-state index contributed by atoms with van der Waals surface area (Å²) < 4.78 is 66.4. The molecule has 0 radical (unpaired) electrons. The number of ether oxygens (including phenoxy) is 2. The third-order valence-electron chi connectivity index (χ3n) is 1.61. The number of methoxy groups -OCH3 is 1. The van der Waals surface area contributed by atoms with E-state index < -0.39 is 37.5 Å². The minimum Gasteiger partial charge on any atom is -0.493 e. The van der Waals surface area contributed by atoms with Gasteiger partial charge in [0.25, 0.3) is 14.6 Å². The lowest BCUT2D eigenvalue weighted by molar-refractivity contribution is -0.276. The predicted octanol–water partition coefficient (Wildman–Crippen LogP) is 1.21. The van der Waals surface area contributed by atoms with Crippen molar-refractivity contribution in [2.45, 2.75) is 11.4 Å². The molecule has 0 unspecified atom stereocenters. The molecule has 0 bridgehead atoms. The van der Waals surface area contributed by atoms with Gasteiger partial charge >= 0.3 is 6.36 Å². The summed E-state index contributed by atoms with van der Waals surface area (Å²) in [6, 6.07) is 0.590. The van der Waals surface area contributed by atoms with Gasteiger partial charge in [-0.2, -0.15) is 0 Å². The number of hydrogen-bond acceptors (Lipinski definition) is 5. The number of pyridine rings is 1. The average Bonchev–Trinajstić information content (AvgIpc) is 2.16. The molecule has 6 nitrogen and oxygen atoms in total. The van der Waals surface area contributed by atoms with Gasteiger partial charge in [-0.3, -0.25) is 4.79 Å². The van der Waals surface area contributed by atoms with Crippen molar-refractivity contribution in [3.63, 3.8) is 0 Å². The third-order valence-corrected chi connectivity index (χ3v) is 2.85. The quantitative estimate of drug-likeness (QED) is 0.848. The number of hydrogen-bond donors (Lipinski definition) is 1. The topological polar surface area (TPSA) is 85.5 Å². The Labute approximate surface area is 103 Å². The van der Waals surface area contributed by atoms with Crippen LogP contribution in [-0.4, -0.2) is 26.9 Å². The Hall–Kier alpha value is -1.42. The standard InChI is InChI=1S/C7H5ClF3NO5S/c1-16-3-2-4(13)12-6(18(8,14)15)5(3)17-7(9,10)11/h2H,1H3,(H,12,13). The van der Waals surface area contributed by atoms with E-state index in [1.54, 1.807) is 4.98 Å². The van der Waals surface area contributed by atoms with Crippen LogP contribution in [0.4, 0.5) is 13.2 Å². The van der Waals surface area contributed by atoms with Crippen molar-refractivity contribution in [2.24, 2.45) is 0 Å². The zero-order chi connectivity index (χ0) is 14.1. The average molecular weight is 308 g/mol. The molecule has 0 atom stereocenters. The fourth-order valence-electron chi connectivity index (χ4n) is 1.04. The van der Waals surface area contributed by atoms with Crippen molar-refractivity contribution in [3.8, 4) is 11.5 Å². The lowest BCUT2D eigenvalue weighted by atomic mass is 10.4. The van der Waals surface area contributed by atoms with Crippen LogP contribution in [-0.2, 0) is 9.05 Å². The molecule has 102 valence electrons. The van der Waals surface area contributed by atoms with Crippen LogP contribution in [0, 0.1) is 0 Å². The van der Waals surface area contributed by atoms with Crippen LogP contribution >= 0.6 is 10.7 Å². The SMILES string of the molecule is COc1cc(=O)[nH]c(S(=O)(=O)Cl)c1OC(F)(F)F. The van der Waals surface area contributed by atoms with E-state index in [-0.39, 0.29) is 0 Å². The van der Waals surface area contributed by atoms with Crippen LogP contribution in [0.15, 0.2) is 15.9 Å². The second-order valence-electron chi connectivity index (χ2n) is 2.85. The summed E-state index contributed by atoms with van der Waals surface area (Å²) in [7, 11) is 1.18. The van der Waals surface area contributed by atoms with E-state index in [4.69, 9.17) is 10.7 Å². The molecule has 0 aromatic carbocycles. The Morgan fingerprint density at radius 1 is 1.39 bits per heavy atom. The van der Waals surface area contributed by atoms with Crippen LogP contribution in [0.3, 0.4) is 0 Å². The van der Waals surface area contributed by atoms with E-state index in [2.05, 4.69) is 9.47 Å². The van der Waals surface area contributed by atoms with Gasteiger partial charge < -0.3 is 14.5 Å². The van der Waals surface area contributed by atoms with Crippen molar-refractivity contribution < 1.29 is 31.1 Å². The van der Waals surface area contributed by atoms with Crippen LogP contribution < -0.4 is 15.0 Å². The first-order valence-electron chi connectivity index (χ1n) is 4.06. The number of rotatable bonds is 3. The molecular formula is C7H5ClF3NO5S. The largest absolute Gasteiger partial charge is 0.573 e. The van der Waals surface area contributed by atoms with E-state index in [1.165, 1.54) is 0 Å². The molecule has 0 saturated heterocycles. The monoisotopic (exact) mass is 307 g/mol. The van der Waals surface area contributed by atoms with Gasteiger partial charge in [-0.15, -0.1) is 13.2 Å². The van der Waals surface area contributed by atoms with Crippen LogP contribution in [0.1, 0.15) is 0 Å². The molecule has 1 rings (SSSR count). The van der Waals surface area contributed by atoms with Gasteiger partial charge in [0.15, 0.2) is 10.8 Å². The van der Waals surface area contributed by atoms with E-state index in [9.17, 15) is 26.4 Å². The van der Waals surface area contributed by atoms with Crippen molar-refractivity contribution >= 4 is 19.7 Å². The molecule has 1 N–H and O–H groups in total. The first-order valence-corrected chi connectivity index (χ1v) is 6.37. The predicted molar refractivity (Wildman–Crippen MR) is 53.3 cm³/mol. The lowest BCUT2D eigenvalue weighted by Crippen LogP contribution is -2.21. The first-order chi connectivity index (χ1) is 8.04. The summed E-state index contributed by atoms with van der Waals surface area (Å²) in [5.41, 5.74) is -1.01. The van der Waals surface area contributed by atoms with Gasteiger partial charge in [-0.1, -0.05) is 0 Å². The van der Waals surface area contributed by atoms with E-state index in [0.717, 1.165) is 7.11 Å². The molecule has 0 amide bonds. The molecule has 0 aliphatic heterocycles. The van der Waals surface area contributed by atoms with Gasteiger partial charge in [-0.25, -0.2) is 8.42 Å². The summed E-state index contributed by atoms with van der Waals surface area (Å²) >= 11 is 0. The van der Waals surface area contributed by atoms with Crippen LogP contribution in [0.25, 0.3) is 0 Å². The highest BCUT2D eigenvalue weighted by Crippen LogP contribution is 2.36. The fourth-order valence-corrected chi connectivity index (χ4v) is 1.95. The second-order valence-corrected chi connectivity index (χ2v) is 5.35. The smallest absolute Gasteiger partial charge is 0.493 e. The molecule has 1 aromatic rings. The molecule has 18 heavy (non-hydrogen) atoms. The fraction of sp³-hybridized carbons (Fsp3) is 0.286. The van der Waals surface area contributed by atoms with E-state index in [0.29, 0.717) is 6.07 Å². The summed E-state index contributed by atoms with van der Waals surface area (Å²) in [5.74, 6) is -1.95. The molecule has 0 fully saturated rings. The summed E-state index contributed by atoms with van der Waals surface area (Å²) in [5, 5.41) is -1.23. The zero-order valence-electron chi connectivity index (χ0n) is 8.54. The Morgan fingerprint density at radius 3 is 2.33 bits per heavy atom. The molecule has 1 heterocycles. The van der Waals surface area contributed by atoms with Crippen LogP contribution in [0.5, 0.6) is 11.5 Å². The van der Waals surface area contributed by atoms with E-state index >= 15 is 0 Å². The maximum atomic E-state index is 12.1. The second kappa shape index (κ2) is 4.69. The van der Waals surface area contributed by atoms with Crippen molar-refractivity contribution in [3.05, 3.63) is 16.4 Å². The molecule has 1 aromatic heterocycles. The maximum absolute atomic E-state index is 12.1. The first kappa shape index (κ1) is 14.6. The Morgan fingerprint density at radius 2 is 1.94 bits per heavy atom. The molecular weight excluding hydrogens is 303 g/mol. The highest BCUT2D eigenvalue weighted by atomic mass is 35.7. The third kappa shape index (κ3) is 3.53. The molecule has 0 spiro atoms. The van der Waals surface area contributed by atoms with Gasteiger partial charge in [0.2, 0.25) is 5.75 Å². The summed E-state index contributed by atoms with van der Waals surface area (Å²) in [4.78, 5) is 12.7. The number of H-pyrrole nitrogens is 1. The zero-order valence-corrected chi connectivity index (χ0v) is 10.1. The number of alkyl halides is 3. The molecule has 0 aliphatic carbocycles. The molecule has 0 aliphatic rings. The lowest BCUT2D eigenvalue weighted by Gasteiger charge is -2.14.